The number of hydrogen-bond acceptors (Lipinski definition) is 9. The smallest absolute Gasteiger partial charge is 0.236 e. The molecule has 0 aliphatic heterocycles. The minimum Gasteiger partial charge on any atom is -0.497 e. The van der Waals surface area contributed by atoms with Crippen molar-refractivity contribution in [2.24, 2.45) is 0 Å². The second-order valence-electron chi connectivity index (χ2n) is 11.0. The normalized spacial score (nSPS) is 15.1. The zero-order chi connectivity index (χ0) is 33.0. The van der Waals surface area contributed by atoms with E-state index in [0.29, 0.717) is 15.3 Å². The molecule has 0 saturated heterocycles. The van der Waals surface area contributed by atoms with E-state index >= 15 is 0 Å². The van der Waals surface area contributed by atoms with Crippen molar-refractivity contribution in [1.82, 2.24) is 9.97 Å². The van der Waals surface area contributed by atoms with Gasteiger partial charge in [0.25, 0.3) is 0 Å². The predicted molar refractivity (Wildman–Crippen MR) is 193 cm³/mol. The lowest BCUT2D eigenvalue weighted by molar-refractivity contribution is -0.119. The second-order valence-corrected chi connectivity index (χ2v) is 16.2. The summed E-state index contributed by atoms with van der Waals surface area (Å²) in [6.45, 7) is 0. The summed E-state index contributed by atoms with van der Waals surface area (Å²) in [6.07, 6.45) is 6.89. The van der Waals surface area contributed by atoms with E-state index in [9.17, 15) is 9.59 Å². The van der Waals surface area contributed by atoms with Crippen molar-refractivity contribution in [3.05, 3.63) is 105 Å². The molecule has 3 aromatic carbocycles. The lowest BCUT2D eigenvalue weighted by atomic mass is 9.95. The van der Waals surface area contributed by atoms with Crippen LogP contribution in [-0.2, 0) is 20.4 Å². The van der Waals surface area contributed by atoms with Gasteiger partial charge < -0.3 is 20.1 Å². The van der Waals surface area contributed by atoms with Gasteiger partial charge in [0.15, 0.2) is 10.3 Å². The molecule has 5 aromatic rings. The summed E-state index contributed by atoms with van der Waals surface area (Å²) in [7, 11) is 3.27. The van der Waals surface area contributed by atoms with Gasteiger partial charge in [-0.2, -0.15) is 0 Å². The lowest BCUT2D eigenvalue weighted by Crippen LogP contribution is -2.27. The highest BCUT2D eigenvalue weighted by Crippen LogP contribution is 2.50. The Balaban J connectivity index is 0.000000172. The molecule has 2 N–H and O–H groups in total. The first kappa shape index (κ1) is 33.5. The lowest BCUT2D eigenvalue weighted by Gasteiger charge is -2.15. The van der Waals surface area contributed by atoms with Crippen molar-refractivity contribution < 1.29 is 19.1 Å². The third-order valence-corrected chi connectivity index (χ3v) is 12.0. The number of rotatable bonds is 10. The van der Waals surface area contributed by atoms with Crippen molar-refractivity contribution in [2.75, 3.05) is 24.9 Å². The molecule has 47 heavy (non-hydrogen) atoms. The Hall–Kier alpha value is -3.42. The number of thiazole rings is 2. The van der Waals surface area contributed by atoms with E-state index < -0.39 is 10.8 Å². The SMILES string of the molecule is COc1ccc(C2(C(=O)Nc3ncc(Br)s3)CC2)cc1.COc1ccc(C2(C(=O)Nc3ncc(Sc4ccccc4Cl)s3)CC2)cc1. The van der Waals surface area contributed by atoms with E-state index in [-0.39, 0.29) is 11.8 Å². The Bertz CT molecular complexity index is 1870. The van der Waals surface area contributed by atoms with Gasteiger partial charge in [0.2, 0.25) is 11.8 Å². The number of anilines is 2. The van der Waals surface area contributed by atoms with Gasteiger partial charge in [0, 0.05) is 4.90 Å². The molecule has 7 rings (SSSR count). The number of carbonyl (C=O) groups is 2. The maximum atomic E-state index is 12.9. The van der Waals surface area contributed by atoms with Crippen LogP contribution >= 0.6 is 62.0 Å². The van der Waals surface area contributed by atoms with Crippen LogP contribution in [0.2, 0.25) is 5.02 Å². The van der Waals surface area contributed by atoms with E-state index in [4.69, 9.17) is 21.1 Å². The number of nitrogens with zero attached hydrogens (tertiary/aromatic N) is 2. The molecule has 0 radical (unpaired) electrons. The van der Waals surface area contributed by atoms with E-state index in [1.807, 2.05) is 72.8 Å². The molecule has 0 bridgehead atoms. The Labute approximate surface area is 298 Å². The number of amides is 2. The van der Waals surface area contributed by atoms with E-state index in [1.54, 1.807) is 38.4 Å². The standard InChI is InChI=1S/C20H17ClN2O2S2.C14H13BrN2O2S/c1-25-14-8-6-13(7-9-14)20(10-11-20)18(24)23-19-22-12-17(27-19)26-16-5-3-2-4-15(16)21;1-19-10-4-2-9(3-5-10)14(6-7-14)12(18)17-13-16-8-11(15)20-13/h2-9,12H,10-11H2,1H3,(H,22,23,24);2-5,8H,6-7H2,1H3,(H,16,17,18). The summed E-state index contributed by atoms with van der Waals surface area (Å²) >= 11 is 14.0. The fourth-order valence-corrected chi connectivity index (χ4v) is 8.31. The topological polar surface area (TPSA) is 102 Å². The summed E-state index contributed by atoms with van der Waals surface area (Å²) in [5.74, 6) is 1.60. The molecule has 2 fully saturated rings. The Morgan fingerprint density at radius 2 is 1.26 bits per heavy atom. The van der Waals surface area contributed by atoms with Crippen LogP contribution in [0.15, 0.2) is 98.1 Å². The van der Waals surface area contributed by atoms with Gasteiger partial charge in [-0.25, -0.2) is 9.97 Å². The van der Waals surface area contributed by atoms with Gasteiger partial charge in [-0.15, -0.1) is 0 Å². The number of nitrogens with one attached hydrogen (secondary N) is 2. The van der Waals surface area contributed by atoms with Gasteiger partial charge in [-0.3, -0.25) is 9.59 Å². The molecule has 2 heterocycles. The number of benzene rings is 3. The van der Waals surface area contributed by atoms with Crippen LogP contribution in [0.3, 0.4) is 0 Å². The fourth-order valence-electron chi connectivity index (χ4n) is 5.11. The molecule has 2 aliphatic carbocycles. The minimum absolute atomic E-state index is 0.00342. The van der Waals surface area contributed by atoms with Crippen molar-refractivity contribution >= 4 is 84.0 Å². The highest BCUT2D eigenvalue weighted by atomic mass is 79.9. The summed E-state index contributed by atoms with van der Waals surface area (Å²) in [5.41, 5.74) is 1.20. The molecule has 0 spiro atoms. The molecule has 13 heteroatoms. The maximum Gasteiger partial charge on any atom is 0.236 e. The first-order valence-corrected chi connectivity index (χ1v) is 18.3. The Kier molecular flexibility index (Phi) is 10.2. The summed E-state index contributed by atoms with van der Waals surface area (Å²) in [5, 5.41) is 7.82. The van der Waals surface area contributed by atoms with Crippen LogP contribution in [-0.4, -0.2) is 36.0 Å². The minimum atomic E-state index is -0.450. The number of aromatic nitrogens is 2. The zero-order valence-electron chi connectivity index (χ0n) is 25.4. The van der Waals surface area contributed by atoms with Gasteiger partial charge in [0.1, 0.15) is 11.5 Å². The first-order chi connectivity index (χ1) is 22.7. The molecule has 8 nitrogen and oxygen atoms in total. The Morgan fingerprint density at radius 3 is 1.70 bits per heavy atom. The number of methoxy groups -OCH3 is 2. The number of ether oxygens (including phenoxy) is 2. The quantitative estimate of drug-likeness (QED) is 0.146. The van der Waals surface area contributed by atoms with E-state index in [2.05, 4.69) is 36.5 Å². The van der Waals surface area contributed by atoms with Crippen LogP contribution in [0, 0.1) is 0 Å². The predicted octanol–water partition coefficient (Wildman–Crippen LogP) is 9.21. The highest BCUT2D eigenvalue weighted by Gasteiger charge is 2.52. The molecule has 2 amide bonds. The maximum absolute atomic E-state index is 12.9. The van der Waals surface area contributed by atoms with E-state index in [1.165, 1.54) is 22.7 Å². The summed E-state index contributed by atoms with van der Waals surface area (Å²) in [4.78, 5) is 34.8. The molecule has 242 valence electrons. The number of hydrogen-bond donors (Lipinski definition) is 2. The molecule has 2 aliphatic rings. The fraction of sp³-hybridized carbons (Fsp3) is 0.235. The van der Waals surface area contributed by atoms with Crippen molar-refractivity contribution in [3.8, 4) is 11.5 Å². The number of halogens is 2. The van der Waals surface area contributed by atoms with Gasteiger partial charge >= 0.3 is 0 Å². The van der Waals surface area contributed by atoms with Crippen LogP contribution < -0.4 is 20.1 Å². The summed E-state index contributed by atoms with van der Waals surface area (Å²) < 4.78 is 12.2. The summed E-state index contributed by atoms with van der Waals surface area (Å²) in [6, 6.07) is 23.1. The monoisotopic (exact) mass is 768 g/mol. The molecule has 2 saturated carbocycles. The largest absolute Gasteiger partial charge is 0.497 e. The zero-order valence-corrected chi connectivity index (χ0v) is 30.2. The van der Waals surface area contributed by atoms with E-state index in [0.717, 1.165) is 61.2 Å². The average Bonchev–Trinajstić information content (AvgIpc) is 4.00. The molecule has 2 aromatic heterocycles. The van der Waals surface area contributed by atoms with Crippen LogP contribution in [0.4, 0.5) is 10.3 Å². The van der Waals surface area contributed by atoms with Gasteiger partial charge in [0.05, 0.1) is 50.5 Å². The van der Waals surface area contributed by atoms with Crippen LogP contribution in [0.25, 0.3) is 0 Å². The Morgan fingerprint density at radius 1 is 0.766 bits per heavy atom. The van der Waals surface area contributed by atoms with Crippen LogP contribution in [0.1, 0.15) is 36.8 Å². The molecular formula is C34H30BrClN4O4S3. The van der Waals surface area contributed by atoms with Crippen molar-refractivity contribution in [2.45, 2.75) is 45.6 Å². The number of carbonyl (C=O) groups excluding carboxylic acids is 2. The molecule has 0 atom stereocenters. The average molecular weight is 770 g/mol. The third-order valence-electron chi connectivity index (χ3n) is 8.10. The highest BCUT2D eigenvalue weighted by molar-refractivity contribution is 9.11. The molecular weight excluding hydrogens is 740 g/mol. The molecule has 0 unspecified atom stereocenters. The van der Waals surface area contributed by atoms with Crippen LogP contribution in [0.5, 0.6) is 11.5 Å². The second kappa shape index (κ2) is 14.4. The van der Waals surface area contributed by atoms with Gasteiger partial charge in [-0.05, 0) is 89.1 Å². The third kappa shape index (κ3) is 7.68. The first-order valence-electron chi connectivity index (χ1n) is 14.7. The van der Waals surface area contributed by atoms with Crippen molar-refractivity contribution in [1.29, 1.82) is 0 Å². The van der Waals surface area contributed by atoms with Crippen molar-refractivity contribution in [3.63, 3.8) is 0 Å². The van der Waals surface area contributed by atoms with Gasteiger partial charge in [-0.1, -0.05) is 82.4 Å².